The molecule has 0 saturated heterocycles. The Balaban J connectivity index is 2.06. The first kappa shape index (κ1) is 13.8. The van der Waals surface area contributed by atoms with Gasteiger partial charge in [-0.25, -0.2) is 8.78 Å². The van der Waals surface area contributed by atoms with Crippen LogP contribution in [0.25, 0.3) is 11.1 Å². The predicted octanol–water partition coefficient (Wildman–Crippen LogP) is 2.99. The number of hydrogen-bond acceptors (Lipinski definition) is 3. The van der Waals surface area contributed by atoms with Crippen molar-refractivity contribution in [3.8, 4) is 22.6 Å². The normalized spacial score (nSPS) is 16.8. The molecule has 3 rings (SSSR count). The van der Waals surface area contributed by atoms with Gasteiger partial charge in [0.05, 0.1) is 0 Å². The van der Waals surface area contributed by atoms with Crippen molar-refractivity contribution in [2.45, 2.75) is 6.10 Å². The van der Waals surface area contributed by atoms with Crippen LogP contribution in [-0.2, 0) is 0 Å². The second kappa shape index (κ2) is 5.69. The van der Waals surface area contributed by atoms with E-state index in [4.69, 9.17) is 9.47 Å². The first-order valence-electron chi connectivity index (χ1n) is 6.71. The monoisotopic (exact) mass is 291 g/mol. The van der Waals surface area contributed by atoms with E-state index >= 15 is 0 Å². The third-order valence-electron chi connectivity index (χ3n) is 3.34. The van der Waals surface area contributed by atoms with Gasteiger partial charge in [-0.2, -0.15) is 0 Å². The smallest absolute Gasteiger partial charge is 0.169 e. The Bertz CT molecular complexity index is 661. The van der Waals surface area contributed by atoms with Gasteiger partial charge in [-0.3, -0.25) is 0 Å². The number of rotatable bonds is 3. The fourth-order valence-electron chi connectivity index (χ4n) is 2.38. The summed E-state index contributed by atoms with van der Waals surface area (Å²) in [6, 6.07) is 8.55. The largest absolute Gasteiger partial charge is 0.486 e. The Morgan fingerprint density at radius 3 is 2.86 bits per heavy atom. The Morgan fingerprint density at radius 1 is 1.19 bits per heavy atom. The zero-order valence-electron chi connectivity index (χ0n) is 11.5. The molecular weight excluding hydrogens is 276 g/mol. The molecular formula is C16H15F2NO2. The summed E-state index contributed by atoms with van der Waals surface area (Å²) in [6.07, 6.45) is -0.166. The summed E-state index contributed by atoms with van der Waals surface area (Å²) < 4.78 is 38.9. The summed E-state index contributed by atoms with van der Waals surface area (Å²) in [5.74, 6) is 0.00802. The van der Waals surface area contributed by atoms with Crippen LogP contribution in [0.3, 0.4) is 0 Å². The number of hydrogen-bond donors (Lipinski definition) is 1. The Kier molecular flexibility index (Phi) is 3.75. The van der Waals surface area contributed by atoms with Crippen molar-refractivity contribution in [1.82, 2.24) is 5.32 Å². The lowest BCUT2D eigenvalue weighted by Crippen LogP contribution is -2.37. The van der Waals surface area contributed by atoms with Gasteiger partial charge in [-0.05, 0) is 31.3 Å². The van der Waals surface area contributed by atoms with Crippen molar-refractivity contribution in [3.63, 3.8) is 0 Å². The lowest BCUT2D eigenvalue weighted by molar-refractivity contribution is 0.0926. The number of nitrogens with one attached hydrogen (secondary N) is 1. The van der Waals surface area contributed by atoms with Crippen LogP contribution in [0, 0.1) is 11.6 Å². The summed E-state index contributed by atoms with van der Waals surface area (Å²) >= 11 is 0. The van der Waals surface area contributed by atoms with Crippen LogP contribution in [-0.4, -0.2) is 26.3 Å². The molecule has 1 N–H and O–H groups in total. The molecule has 0 spiro atoms. The van der Waals surface area contributed by atoms with Gasteiger partial charge in [0, 0.05) is 17.7 Å². The van der Waals surface area contributed by atoms with Crippen molar-refractivity contribution in [1.29, 1.82) is 0 Å². The van der Waals surface area contributed by atoms with E-state index in [2.05, 4.69) is 5.32 Å². The molecule has 110 valence electrons. The van der Waals surface area contributed by atoms with Crippen molar-refractivity contribution in [2.75, 3.05) is 20.2 Å². The second-order valence-corrected chi connectivity index (χ2v) is 4.87. The van der Waals surface area contributed by atoms with Crippen LogP contribution < -0.4 is 14.8 Å². The Morgan fingerprint density at radius 2 is 2.05 bits per heavy atom. The molecule has 1 aliphatic rings. The van der Waals surface area contributed by atoms with E-state index in [-0.39, 0.29) is 11.7 Å². The standard InChI is InChI=1S/C16H15F2NO2/c1-19-8-11-9-20-15-4-2-3-12(16(15)21-11)13-7-10(17)5-6-14(13)18/h2-7,11,19H,8-9H2,1H3. The maximum absolute atomic E-state index is 14.0. The van der Waals surface area contributed by atoms with E-state index in [0.29, 0.717) is 30.2 Å². The Hall–Kier alpha value is -2.14. The van der Waals surface area contributed by atoms with Crippen LogP contribution in [0.15, 0.2) is 36.4 Å². The van der Waals surface area contributed by atoms with Crippen LogP contribution in [0.5, 0.6) is 11.5 Å². The number of para-hydroxylation sites is 1. The summed E-state index contributed by atoms with van der Waals surface area (Å²) in [5.41, 5.74) is 0.658. The Labute approximate surface area is 121 Å². The first-order chi connectivity index (χ1) is 10.2. The summed E-state index contributed by atoms with van der Waals surface area (Å²) in [4.78, 5) is 0. The average molecular weight is 291 g/mol. The van der Waals surface area contributed by atoms with Crippen LogP contribution >= 0.6 is 0 Å². The minimum Gasteiger partial charge on any atom is -0.486 e. The summed E-state index contributed by atoms with van der Waals surface area (Å²) in [7, 11) is 1.82. The molecule has 0 radical (unpaired) electrons. The molecule has 1 unspecified atom stereocenters. The van der Waals surface area contributed by atoms with E-state index in [1.54, 1.807) is 18.2 Å². The maximum Gasteiger partial charge on any atom is 0.169 e. The number of benzene rings is 2. The van der Waals surface area contributed by atoms with E-state index in [0.717, 1.165) is 18.2 Å². The third kappa shape index (κ3) is 2.69. The van der Waals surface area contributed by atoms with Crippen molar-refractivity contribution >= 4 is 0 Å². The zero-order valence-corrected chi connectivity index (χ0v) is 11.5. The highest BCUT2D eigenvalue weighted by Gasteiger charge is 2.24. The van der Waals surface area contributed by atoms with Gasteiger partial charge in [-0.1, -0.05) is 12.1 Å². The molecule has 2 aromatic rings. The van der Waals surface area contributed by atoms with Crippen molar-refractivity contribution < 1.29 is 18.3 Å². The van der Waals surface area contributed by atoms with Gasteiger partial charge in [0.25, 0.3) is 0 Å². The van der Waals surface area contributed by atoms with Gasteiger partial charge < -0.3 is 14.8 Å². The summed E-state index contributed by atoms with van der Waals surface area (Å²) in [6.45, 7) is 1.03. The molecule has 0 aliphatic carbocycles. The van der Waals surface area contributed by atoms with Gasteiger partial charge in [0.1, 0.15) is 24.3 Å². The molecule has 0 amide bonds. The molecule has 21 heavy (non-hydrogen) atoms. The van der Waals surface area contributed by atoms with Crippen LogP contribution in [0.1, 0.15) is 0 Å². The van der Waals surface area contributed by atoms with E-state index < -0.39 is 11.6 Å². The highest BCUT2D eigenvalue weighted by Crippen LogP contribution is 2.41. The van der Waals surface area contributed by atoms with Gasteiger partial charge in [0.15, 0.2) is 11.5 Å². The number of fused-ring (bicyclic) bond motifs is 1. The number of ether oxygens (including phenoxy) is 2. The molecule has 3 nitrogen and oxygen atoms in total. The minimum absolute atomic E-state index is 0.166. The zero-order chi connectivity index (χ0) is 14.8. The lowest BCUT2D eigenvalue weighted by Gasteiger charge is -2.28. The van der Waals surface area contributed by atoms with Gasteiger partial charge in [-0.15, -0.1) is 0 Å². The van der Waals surface area contributed by atoms with Crippen molar-refractivity contribution in [3.05, 3.63) is 48.0 Å². The number of likely N-dealkylation sites (N-methyl/N-ethyl adjacent to an activating group) is 1. The molecule has 2 aromatic carbocycles. The second-order valence-electron chi connectivity index (χ2n) is 4.87. The topological polar surface area (TPSA) is 30.5 Å². The average Bonchev–Trinajstić information content (AvgIpc) is 2.49. The third-order valence-corrected chi connectivity index (χ3v) is 3.34. The fraction of sp³-hybridized carbons (Fsp3) is 0.250. The molecule has 1 aliphatic heterocycles. The molecule has 1 atom stereocenters. The van der Waals surface area contributed by atoms with E-state index in [9.17, 15) is 8.78 Å². The number of halogens is 2. The summed E-state index contributed by atoms with van der Waals surface area (Å²) in [5, 5.41) is 3.01. The van der Waals surface area contributed by atoms with Gasteiger partial charge in [0.2, 0.25) is 0 Å². The predicted molar refractivity (Wildman–Crippen MR) is 75.6 cm³/mol. The molecule has 0 fully saturated rings. The molecule has 0 saturated carbocycles. The first-order valence-corrected chi connectivity index (χ1v) is 6.71. The SMILES string of the molecule is CNCC1COc2cccc(-c3cc(F)ccc3F)c2O1. The van der Waals surface area contributed by atoms with Crippen LogP contribution in [0.2, 0.25) is 0 Å². The van der Waals surface area contributed by atoms with Gasteiger partial charge >= 0.3 is 0 Å². The molecule has 1 heterocycles. The molecule has 5 heteroatoms. The minimum atomic E-state index is -0.496. The highest BCUT2D eigenvalue weighted by molar-refractivity contribution is 5.74. The quantitative estimate of drug-likeness (QED) is 0.943. The van der Waals surface area contributed by atoms with Crippen LogP contribution in [0.4, 0.5) is 8.78 Å². The van der Waals surface area contributed by atoms with Crippen molar-refractivity contribution in [2.24, 2.45) is 0 Å². The van der Waals surface area contributed by atoms with E-state index in [1.165, 1.54) is 0 Å². The fourth-order valence-corrected chi connectivity index (χ4v) is 2.38. The maximum atomic E-state index is 14.0. The molecule has 0 aromatic heterocycles. The molecule has 0 bridgehead atoms. The van der Waals surface area contributed by atoms with E-state index in [1.807, 2.05) is 7.05 Å². The lowest BCUT2D eigenvalue weighted by atomic mass is 10.0. The highest BCUT2D eigenvalue weighted by atomic mass is 19.1.